The summed E-state index contributed by atoms with van der Waals surface area (Å²) in [5.74, 6) is 1.22. The summed E-state index contributed by atoms with van der Waals surface area (Å²) in [6, 6.07) is 14.8. The van der Waals surface area contributed by atoms with Crippen molar-refractivity contribution in [2.45, 2.75) is 19.8 Å². The predicted octanol–water partition coefficient (Wildman–Crippen LogP) is 4.63. The number of amides is 1. The standard InChI is InChI=1S/C21H22N2O3/c1-13(2)18-12-16(15-7-5-6-8-17(15)22-18)21(24)23-19-11-14(25-3)9-10-20(19)26-4/h5-13H,1-4H3,(H,23,24). The number of carbonyl (C=O) groups excluding carboxylic acids is 1. The van der Waals surface area contributed by atoms with E-state index in [9.17, 15) is 4.79 Å². The van der Waals surface area contributed by atoms with Crippen molar-refractivity contribution < 1.29 is 14.3 Å². The van der Waals surface area contributed by atoms with E-state index in [0.29, 0.717) is 22.7 Å². The average Bonchev–Trinajstić information content (AvgIpc) is 2.66. The summed E-state index contributed by atoms with van der Waals surface area (Å²) in [6.45, 7) is 4.12. The van der Waals surface area contributed by atoms with Gasteiger partial charge in [0.1, 0.15) is 11.5 Å². The van der Waals surface area contributed by atoms with Gasteiger partial charge >= 0.3 is 0 Å². The minimum absolute atomic E-state index is 0.211. The van der Waals surface area contributed by atoms with Crippen molar-refractivity contribution >= 4 is 22.5 Å². The molecule has 0 atom stereocenters. The quantitative estimate of drug-likeness (QED) is 0.729. The van der Waals surface area contributed by atoms with Crippen molar-refractivity contribution in [2.24, 2.45) is 0 Å². The zero-order valence-electron chi connectivity index (χ0n) is 15.4. The van der Waals surface area contributed by atoms with Crippen LogP contribution in [0.5, 0.6) is 11.5 Å². The number of anilines is 1. The number of benzene rings is 2. The highest BCUT2D eigenvalue weighted by Crippen LogP contribution is 2.30. The van der Waals surface area contributed by atoms with E-state index in [0.717, 1.165) is 16.6 Å². The Bertz CT molecular complexity index is 951. The third kappa shape index (κ3) is 3.47. The van der Waals surface area contributed by atoms with Crippen molar-refractivity contribution in [3.8, 4) is 11.5 Å². The van der Waals surface area contributed by atoms with Crippen LogP contribution in [-0.4, -0.2) is 25.1 Å². The molecule has 0 bridgehead atoms. The Hall–Kier alpha value is -3.08. The lowest BCUT2D eigenvalue weighted by Gasteiger charge is -2.14. The SMILES string of the molecule is COc1ccc(OC)c(NC(=O)c2cc(C(C)C)nc3ccccc23)c1. The van der Waals surface area contributed by atoms with Crippen LogP contribution in [0.4, 0.5) is 5.69 Å². The number of aromatic nitrogens is 1. The number of para-hydroxylation sites is 1. The van der Waals surface area contributed by atoms with Crippen molar-refractivity contribution in [3.05, 3.63) is 59.8 Å². The number of hydrogen-bond acceptors (Lipinski definition) is 4. The van der Waals surface area contributed by atoms with Crippen LogP contribution in [0.2, 0.25) is 0 Å². The number of carbonyl (C=O) groups is 1. The van der Waals surface area contributed by atoms with Gasteiger partial charge in [-0.3, -0.25) is 9.78 Å². The van der Waals surface area contributed by atoms with Crippen LogP contribution in [0, 0.1) is 0 Å². The molecule has 2 aromatic carbocycles. The van der Waals surface area contributed by atoms with E-state index in [4.69, 9.17) is 9.47 Å². The van der Waals surface area contributed by atoms with Crippen LogP contribution in [0.25, 0.3) is 10.9 Å². The van der Waals surface area contributed by atoms with Gasteiger partial charge < -0.3 is 14.8 Å². The smallest absolute Gasteiger partial charge is 0.256 e. The molecule has 1 heterocycles. The van der Waals surface area contributed by atoms with Gasteiger partial charge in [-0.2, -0.15) is 0 Å². The van der Waals surface area contributed by atoms with Gasteiger partial charge in [-0.15, -0.1) is 0 Å². The molecule has 3 aromatic rings. The fourth-order valence-electron chi connectivity index (χ4n) is 2.78. The van der Waals surface area contributed by atoms with Crippen LogP contribution in [0.3, 0.4) is 0 Å². The molecule has 26 heavy (non-hydrogen) atoms. The predicted molar refractivity (Wildman–Crippen MR) is 103 cm³/mol. The number of nitrogens with one attached hydrogen (secondary N) is 1. The number of nitrogens with zero attached hydrogens (tertiary/aromatic N) is 1. The molecular formula is C21H22N2O3. The number of ether oxygens (including phenoxy) is 2. The van der Waals surface area contributed by atoms with Gasteiger partial charge in [0.05, 0.1) is 31.0 Å². The molecule has 0 spiro atoms. The molecule has 0 radical (unpaired) electrons. The van der Waals surface area contributed by atoms with E-state index in [-0.39, 0.29) is 11.8 Å². The Labute approximate surface area is 153 Å². The van der Waals surface area contributed by atoms with E-state index in [1.165, 1.54) is 0 Å². The summed E-state index contributed by atoms with van der Waals surface area (Å²) in [5, 5.41) is 3.76. The summed E-state index contributed by atoms with van der Waals surface area (Å²) >= 11 is 0. The lowest BCUT2D eigenvalue weighted by Crippen LogP contribution is -2.14. The van der Waals surface area contributed by atoms with Crippen molar-refractivity contribution in [3.63, 3.8) is 0 Å². The molecule has 0 saturated carbocycles. The van der Waals surface area contributed by atoms with E-state index in [1.54, 1.807) is 32.4 Å². The first-order valence-corrected chi connectivity index (χ1v) is 8.46. The summed E-state index contributed by atoms with van der Waals surface area (Å²) in [5.41, 5.74) is 2.83. The molecule has 1 N–H and O–H groups in total. The van der Waals surface area contributed by atoms with E-state index >= 15 is 0 Å². The molecule has 3 rings (SSSR count). The molecule has 0 saturated heterocycles. The normalized spacial score (nSPS) is 10.8. The maximum Gasteiger partial charge on any atom is 0.256 e. The summed E-state index contributed by atoms with van der Waals surface area (Å²) in [7, 11) is 3.15. The van der Waals surface area contributed by atoms with Crippen molar-refractivity contribution in [1.82, 2.24) is 4.98 Å². The second kappa shape index (κ2) is 7.44. The molecule has 0 aliphatic rings. The van der Waals surface area contributed by atoms with Crippen molar-refractivity contribution in [2.75, 3.05) is 19.5 Å². The van der Waals surface area contributed by atoms with Crippen LogP contribution < -0.4 is 14.8 Å². The largest absolute Gasteiger partial charge is 0.497 e. The Kier molecular flexibility index (Phi) is 5.07. The van der Waals surface area contributed by atoms with Crippen LogP contribution >= 0.6 is 0 Å². The first-order valence-electron chi connectivity index (χ1n) is 8.46. The number of rotatable bonds is 5. The molecule has 5 nitrogen and oxygen atoms in total. The minimum Gasteiger partial charge on any atom is -0.497 e. The van der Waals surface area contributed by atoms with Gasteiger partial charge in [-0.25, -0.2) is 0 Å². The fourth-order valence-corrected chi connectivity index (χ4v) is 2.78. The fraction of sp³-hybridized carbons (Fsp3) is 0.238. The molecule has 0 aliphatic carbocycles. The molecule has 0 unspecified atom stereocenters. The molecular weight excluding hydrogens is 328 g/mol. The Morgan fingerprint density at radius 2 is 1.81 bits per heavy atom. The Balaban J connectivity index is 2.05. The van der Waals surface area contributed by atoms with Crippen LogP contribution in [-0.2, 0) is 0 Å². The van der Waals surface area contributed by atoms with Gasteiger partial charge in [0.2, 0.25) is 0 Å². The first-order chi connectivity index (χ1) is 12.5. The molecule has 1 amide bonds. The number of fused-ring (bicyclic) bond motifs is 1. The Morgan fingerprint density at radius 1 is 1.04 bits per heavy atom. The van der Waals surface area contributed by atoms with Crippen molar-refractivity contribution in [1.29, 1.82) is 0 Å². The highest BCUT2D eigenvalue weighted by molar-refractivity contribution is 6.13. The van der Waals surface area contributed by atoms with Gasteiger partial charge in [0.25, 0.3) is 5.91 Å². The molecule has 134 valence electrons. The lowest BCUT2D eigenvalue weighted by atomic mass is 10.0. The highest BCUT2D eigenvalue weighted by Gasteiger charge is 2.16. The van der Waals surface area contributed by atoms with E-state index < -0.39 is 0 Å². The molecule has 0 fully saturated rings. The second-order valence-electron chi connectivity index (χ2n) is 6.29. The van der Waals surface area contributed by atoms with Gasteiger partial charge in [-0.1, -0.05) is 32.0 Å². The number of methoxy groups -OCH3 is 2. The maximum absolute atomic E-state index is 13.0. The summed E-state index contributed by atoms with van der Waals surface area (Å²) < 4.78 is 10.6. The summed E-state index contributed by atoms with van der Waals surface area (Å²) in [4.78, 5) is 17.7. The monoisotopic (exact) mass is 350 g/mol. The van der Waals surface area contributed by atoms with E-state index in [2.05, 4.69) is 24.1 Å². The molecule has 0 aliphatic heterocycles. The number of hydrogen-bond donors (Lipinski definition) is 1. The second-order valence-corrected chi connectivity index (χ2v) is 6.29. The van der Waals surface area contributed by atoms with Gasteiger partial charge in [-0.05, 0) is 30.2 Å². The Morgan fingerprint density at radius 3 is 2.50 bits per heavy atom. The topological polar surface area (TPSA) is 60.5 Å². The third-order valence-corrected chi connectivity index (χ3v) is 4.23. The zero-order chi connectivity index (χ0) is 18.7. The first kappa shape index (κ1) is 17.7. The average molecular weight is 350 g/mol. The molecule has 1 aromatic heterocycles. The highest BCUT2D eigenvalue weighted by atomic mass is 16.5. The third-order valence-electron chi connectivity index (χ3n) is 4.23. The number of pyridine rings is 1. The van der Waals surface area contributed by atoms with E-state index in [1.807, 2.05) is 30.3 Å². The maximum atomic E-state index is 13.0. The minimum atomic E-state index is -0.211. The molecule has 5 heteroatoms. The lowest BCUT2D eigenvalue weighted by molar-refractivity contribution is 0.102. The van der Waals surface area contributed by atoms with Gasteiger partial charge in [0.15, 0.2) is 0 Å². The summed E-state index contributed by atoms with van der Waals surface area (Å²) in [6.07, 6.45) is 0. The van der Waals surface area contributed by atoms with Crippen LogP contribution in [0.15, 0.2) is 48.5 Å². The zero-order valence-corrected chi connectivity index (χ0v) is 15.4. The van der Waals surface area contributed by atoms with Crippen LogP contribution in [0.1, 0.15) is 35.8 Å². The van der Waals surface area contributed by atoms with Gasteiger partial charge in [0, 0.05) is 17.1 Å².